The van der Waals surface area contributed by atoms with Gasteiger partial charge in [-0.15, -0.1) is 22.7 Å². The van der Waals surface area contributed by atoms with Crippen LogP contribution < -0.4 is 0 Å². The minimum absolute atomic E-state index is 1.03. The number of hydrogen-bond acceptors (Lipinski definition) is 2. The van der Waals surface area contributed by atoms with Crippen LogP contribution >= 0.6 is 22.7 Å². The highest BCUT2D eigenvalue weighted by atomic mass is 32.1. The summed E-state index contributed by atoms with van der Waals surface area (Å²) in [7, 11) is 0. The van der Waals surface area contributed by atoms with Gasteiger partial charge in [-0.05, 0) is 46.7 Å². The second-order valence-corrected chi connectivity index (χ2v) is 10.6. The predicted molar refractivity (Wildman–Crippen MR) is 138 cm³/mol. The summed E-state index contributed by atoms with van der Waals surface area (Å²) in [6, 6.07) is 31.6. The Morgan fingerprint density at radius 2 is 1.23 bits per heavy atom. The molecule has 0 bridgehead atoms. The van der Waals surface area contributed by atoms with Gasteiger partial charge in [0, 0.05) is 51.3 Å². The summed E-state index contributed by atoms with van der Waals surface area (Å²) in [6.45, 7) is 0. The van der Waals surface area contributed by atoms with Gasteiger partial charge in [-0.2, -0.15) is 0 Å². The number of fused-ring (bicyclic) bond motifs is 14. The Balaban J connectivity index is 1.74. The van der Waals surface area contributed by atoms with Crippen molar-refractivity contribution in [2.45, 2.75) is 6.42 Å². The second-order valence-electron chi connectivity index (χ2n) is 8.45. The fourth-order valence-corrected chi connectivity index (χ4v) is 8.06. The van der Waals surface area contributed by atoms with Gasteiger partial charge in [-0.3, -0.25) is 0 Å². The standard InChI is InChI=1S/C29H16S2/c1-2-8-17-16(7-1)15-21-18-13-14-24-26(19-9-3-5-11-22(19)30-24)27(18)28-20-10-4-6-12-23(20)31-29(28)25(17)21/h1-14H,15H2. The Hall–Kier alpha value is -3.20. The summed E-state index contributed by atoms with van der Waals surface area (Å²) < 4.78 is 5.60. The zero-order valence-corrected chi connectivity index (χ0v) is 18.2. The van der Waals surface area contributed by atoms with Gasteiger partial charge in [0.1, 0.15) is 0 Å². The molecule has 7 aromatic rings. The van der Waals surface area contributed by atoms with Crippen LogP contribution in [0.2, 0.25) is 0 Å². The van der Waals surface area contributed by atoms with Gasteiger partial charge in [-0.25, -0.2) is 0 Å². The van der Waals surface area contributed by atoms with Crippen molar-refractivity contribution in [3.8, 4) is 11.1 Å². The lowest BCUT2D eigenvalue weighted by atomic mass is 9.92. The number of benzene rings is 5. The van der Waals surface area contributed by atoms with Crippen LogP contribution in [0.1, 0.15) is 11.1 Å². The van der Waals surface area contributed by atoms with Gasteiger partial charge < -0.3 is 0 Å². The maximum Gasteiger partial charge on any atom is 0.0443 e. The lowest BCUT2D eigenvalue weighted by Crippen LogP contribution is -1.87. The normalized spacial score (nSPS) is 13.0. The van der Waals surface area contributed by atoms with Gasteiger partial charge >= 0.3 is 0 Å². The first kappa shape index (κ1) is 16.5. The van der Waals surface area contributed by atoms with Crippen molar-refractivity contribution in [2.24, 2.45) is 0 Å². The second kappa shape index (κ2) is 5.73. The van der Waals surface area contributed by atoms with Crippen molar-refractivity contribution in [1.82, 2.24) is 0 Å². The third-order valence-corrected chi connectivity index (χ3v) is 9.22. The summed E-state index contributed by atoms with van der Waals surface area (Å²) in [4.78, 5) is 0. The van der Waals surface area contributed by atoms with Crippen LogP contribution in [0.4, 0.5) is 0 Å². The van der Waals surface area contributed by atoms with E-state index in [-0.39, 0.29) is 0 Å². The molecule has 0 saturated carbocycles. The molecule has 2 heteroatoms. The first-order chi connectivity index (χ1) is 15.4. The van der Waals surface area contributed by atoms with Crippen molar-refractivity contribution in [1.29, 1.82) is 0 Å². The van der Waals surface area contributed by atoms with E-state index >= 15 is 0 Å². The van der Waals surface area contributed by atoms with Crippen LogP contribution in [0.5, 0.6) is 0 Å². The average molecular weight is 429 g/mol. The minimum Gasteiger partial charge on any atom is -0.135 e. The Bertz CT molecular complexity index is 1860. The van der Waals surface area contributed by atoms with Crippen molar-refractivity contribution in [3.63, 3.8) is 0 Å². The van der Waals surface area contributed by atoms with Crippen molar-refractivity contribution >= 4 is 73.8 Å². The molecule has 144 valence electrons. The molecule has 31 heavy (non-hydrogen) atoms. The first-order valence-electron chi connectivity index (χ1n) is 10.7. The highest BCUT2D eigenvalue weighted by Gasteiger charge is 2.27. The summed E-state index contributed by atoms with van der Waals surface area (Å²) in [6.07, 6.45) is 1.03. The van der Waals surface area contributed by atoms with E-state index in [4.69, 9.17) is 0 Å². The zero-order valence-electron chi connectivity index (χ0n) is 16.6. The van der Waals surface area contributed by atoms with E-state index in [2.05, 4.69) is 84.9 Å². The quantitative estimate of drug-likeness (QED) is 0.226. The third-order valence-electron chi connectivity index (χ3n) is 6.90. The molecule has 2 heterocycles. The van der Waals surface area contributed by atoms with E-state index in [0.29, 0.717) is 0 Å². The van der Waals surface area contributed by atoms with Crippen LogP contribution in [0.25, 0.3) is 62.2 Å². The molecular formula is C29H16S2. The molecule has 0 spiro atoms. The largest absolute Gasteiger partial charge is 0.135 e. The molecule has 0 atom stereocenters. The molecule has 2 aromatic heterocycles. The van der Waals surface area contributed by atoms with E-state index < -0.39 is 0 Å². The van der Waals surface area contributed by atoms with E-state index in [1.165, 1.54) is 73.4 Å². The van der Waals surface area contributed by atoms with Crippen LogP contribution in [0, 0.1) is 0 Å². The fraction of sp³-hybridized carbons (Fsp3) is 0.0345. The van der Waals surface area contributed by atoms with Crippen LogP contribution in [-0.4, -0.2) is 0 Å². The van der Waals surface area contributed by atoms with Gasteiger partial charge in [0.2, 0.25) is 0 Å². The Morgan fingerprint density at radius 3 is 2.10 bits per heavy atom. The molecule has 0 radical (unpaired) electrons. The number of hydrogen-bond donors (Lipinski definition) is 0. The minimum atomic E-state index is 1.03. The molecule has 0 amide bonds. The molecule has 0 unspecified atom stereocenters. The summed E-state index contributed by atoms with van der Waals surface area (Å²) in [5, 5.41) is 8.54. The van der Waals surface area contributed by atoms with Crippen LogP contribution in [0.3, 0.4) is 0 Å². The van der Waals surface area contributed by atoms with Crippen molar-refractivity contribution < 1.29 is 0 Å². The van der Waals surface area contributed by atoms with Crippen LogP contribution in [-0.2, 0) is 6.42 Å². The molecule has 0 N–H and O–H groups in total. The molecule has 1 aliphatic rings. The third kappa shape index (κ3) is 2.00. The molecule has 1 aliphatic carbocycles. The average Bonchev–Trinajstić information content (AvgIpc) is 3.49. The maximum atomic E-state index is 2.39. The molecule has 0 saturated heterocycles. The van der Waals surface area contributed by atoms with Gasteiger partial charge in [0.15, 0.2) is 0 Å². The van der Waals surface area contributed by atoms with E-state index in [9.17, 15) is 0 Å². The molecular weight excluding hydrogens is 412 g/mol. The lowest BCUT2D eigenvalue weighted by molar-refractivity contribution is 1.29. The molecule has 0 fully saturated rings. The molecule has 0 aliphatic heterocycles. The highest BCUT2D eigenvalue weighted by Crippen LogP contribution is 2.53. The van der Waals surface area contributed by atoms with E-state index in [1.54, 1.807) is 0 Å². The van der Waals surface area contributed by atoms with Gasteiger partial charge in [-0.1, -0.05) is 66.7 Å². The summed E-state index contributed by atoms with van der Waals surface area (Å²) in [5.74, 6) is 0. The highest BCUT2D eigenvalue weighted by molar-refractivity contribution is 7.27. The summed E-state index contributed by atoms with van der Waals surface area (Å²) >= 11 is 3.88. The van der Waals surface area contributed by atoms with Gasteiger partial charge in [0.05, 0.1) is 0 Å². The number of thiophene rings is 2. The van der Waals surface area contributed by atoms with E-state index in [0.717, 1.165) is 6.42 Å². The van der Waals surface area contributed by atoms with Crippen molar-refractivity contribution in [3.05, 3.63) is 96.1 Å². The number of rotatable bonds is 0. The van der Waals surface area contributed by atoms with Crippen molar-refractivity contribution in [2.75, 3.05) is 0 Å². The smallest absolute Gasteiger partial charge is 0.0443 e. The first-order valence-corrected chi connectivity index (χ1v) is 12.3. The zero-order chi connectivity index (χ0) is 20.1. The molecule has 0 nitrogen and oxygen atoms in total. The monoisotopic (exact) mass is 428 g/mol. The molecule has 5 aromatic carbocycles. The Kier molecular flexibility index (Phi) is 3.05. The predicted octanol–water partition coefficient (Wildman–Crippen LogP) is 9.15. The SMILES string of the molecule is c1ccc2c(c1)Cc1c-2c2sc3ccccc3c2c2c1ccc1sc3ccccc3c12. The Morgan fingerprint density at radius 1 is 0.516 bits per heavy atom. The van der Waals surface area contributed by atoms with E-state index in [1.807, 2.05) is 22.7 Å². The van der Waals surface area contributed by atoms with Crippen LogP contribution in [0.15, 0.2) is 84.9 Å². The topological polar surface area (TPSA) is 0 Å². The lowest BCUT2D eigenvalue weighted by Gasteiger charge is -2.11. The van der Waals surface area contributed by atoms with Gasteiger partial charge in [0.25, 0.3) is 0 Å². The summed E-state index contributed by atoms with van der Waals surface area (Å²) in [5.41, 5.74) is 5.86. The Labute approximate surface area is 187 Å². The molecule has 8 rings (SSSR count). The maximum absolute atomic E-state index is 2.39. The fourth-order valence-electron chi connectivity index (χ4n) is 5.65.